The Morgan fingerprint density at radius 2 is 1.86 bits per heavy atom. The standard InChI is InChI=1S/C17H18BrClFN/c1-21-11-13(8-12-2-5-15(18)6-3-12)9-14-4-7-16(20)10-17(14)19/h2-7,10,13,21H,8-9,11H2,1H3. The fourth-order valence-corrected chi connectivity index (χ4v) is 2.97. The predicted octanol–water partition coefficient (Wildman–Crippen LogP) is 4.86. The van der Waals surface area contributed by atoms with Crippen LogP contribution in [0.25, 0.3) is 0 Å². The van der Waals surface area contributed by atoms with E-state index in [1.165, 1.54) is 17.7 Å². The summed E-state index contributed by atoms with van der Waals surface area (Å²) in [6, 6.07) is 13.0. The first-order valence-corrected chi connectivity index (χ1v) is 8.08. The van der Waals surface area contributed by atoms with Crippen LogP contribution in [0.5, 0.6) is 0 Å². The molecule has 0 aliphatic heterocycles. The third-order valence-corrected chi connectivity index (χ3v) is 4.33. The second-order valence-electron chi connectivity index (χ2n) is 5.19. The summed E-state index contributed by atoms with van der Waals surface area (Å²) in [6.07, 6.45) is 1.79. The summed E-state index contributed by atoms with van der Waals surface area (Å²) >= 11 is 9.58. The normalized spacial score (nSPS) is 12.4. The summed E-state index contributed by atoms with van der Waals surface area (Å²) in [4.78, 5) is 0. The number of benzene rings is 2. The number of hydrogen-bond acceptors (Lipinski definition) is 1. The van der Waals surface area contributed by atoms with Crippen LogP contribution < -0.4 is 5.32 Å². The molecule has 1 N–H and O–H groups in total. The van der Waals surface area contributed by atoms with E-state index in [0.29, 0.717) is 10.9 Å². The number of rotatable bonds is 6. The topological polar surface area (TPSA) is 12.0 Å². The van der Waals surface area contributed by atoms with Crippen LogP contribution in [0, 0.1) is 11.7 Å². The fraction of sp³-hybridized carbons (Fsp3) is 0.294. The van der Waals surface area contributed by atoms with Crippen molar-refractivity contribution in [2.45, 2.75) is 12.8 Å². The van der Waals surface area contributed by atoms with E-state index in [2.05, 4.69) is 45.5 Å². The van der Waals surface area contributed by atoms with Crippen molar-refractivity contribution in [2.24, 2.45) is 5.92 Å². The van der Waals surface area contributed by atoms with Crippen molar-refractivity contribution in [3.8, 4) is 0 Å². The third-order valence-electron chi connectivity index (χ3n) is 3.45. The molecule has 112 valence electrons. The van der Waals surface area contributed by atoms with Gasteiger partial charge in [-0.15, -0.1) is 0 Å². The lowest BCUT2D eigenvalue weighted by Crippen LogP contribution is -2.23. The molecule has 1 unspecified atom stereocenters. The highest BCUT2D eigenvalue weighted by Gasteiger charge is 2.13. The van der Waals surface area contributed by atoms with Gasteiger partial charge in [-0.3, -0.25) is 0 Å². The number of nitrogens with one attached hydrogen (secondary N) is 1. The lowest BCUT2D eigenvalue weighted by atomic mass is 9.92. The van der Waals surface area contributed by atoms with Crippen LogP contribution in [0.2, 0.25) is 5.02 Å². The van der Waals surface area contributed by atoms with Gasteiger partial charge in [0.1, 0.15) is 5.82 Å². The highest BCUT2D eigenvalue weighted by Crippen LogP contribution is 2.23. The molecule has 0 bridgehead atoms. The zero-order valence-electron chi connectivity index (χ0n) is 11.9. The average molecular weight is 371 g/mol. The lowest BCUT2D eigenvalue weighted by molar-refractivity contribution is 0.493. The molecule has 0 fully saturated rings. The molecular weight excluding hydrogens is 353 g/mol. The minimum Gasteiger partial charge on any atom is -0.319 e. The van der Waals surface area contributed by atoms with E-state index in [1.807, 2.05) is 7.05 Å². The Kier molecular flexibility index (Phi) is 6.22. The van der Waals surface area contributed by atoms with Crippen molar-refractivity contribution in [1.82, 2.24) is 5.32 Å². The van der Waals surface area contributed by atoms with Crippen molar-refractivity contribution in [3.05, 3.63) is 68.9 Å². The number of halogens is 3. The number of hydrogen-bond donors (Lipinski definition) is 1. The van der Waals surface area contributed by atoms with Crippen molar-refractivity contribution < 1.29 is 4.39 Å². The highest BCUT2D eigenvalue weighted by molar-refractivity contribution is 9.10. The van der Waals surface area contributed by atoms with Gasteiger partial charge >= 0.3 is 0 Å². The molecule has 0 heterocycles. The Hall–Kier alpha value is -0.900. The van der Waals surface area contributed by atoms with Gasteiger partial charge in [-0.25, -0.2) is 4.39 Å². The molecular formula is C17H18BrClFN. The zero-order chi connectivity index (χ0) is 15.2. The average Bonchev–Trinajstić information content (AvgIpc) is 2.44. The molecule has 0 saturated carbocycles. The van der Waals surface area contributed by atoms with Crippen LogP contribution in [-0.2, 0) is 12.8 Å². The summed E-state index contributed by atoms with van der Waals surface area (Å²) in [5.74, 6) is 0.126. The molecule has 0 aliphatic carbocycles. The molecule has 1 atom stereocenters. The summed E-state index contributed by atoms with van der Waals surface area (Å²) in [5.41, 5.74) is 2.28. The monoisotopic (exact) mass is 369 g/mol. The van der Waals surface area contributed by atoms with E-state index in [4.69, 9.17) is 11.6 Å². The van der Waals surface area contributed by atoms with Crippen molar-refractivity contribution in [3.63, 3.8) is 0 Å². The summed E-state index contributed by atoms with van der Waals surface area (Å²) in [5, 5.41) is 3.73. The molecule has 4 heteroatoms. The van der Waals surface area contributed by atoms with E-state index in [0.717, 1.165) is 29.4 Å². The van der Waals surface area contributed by atoms with Crippen LogP contribution in [0.3, 0.4) is 0 Å². The molecule has 0 amide bonds. The Morgan fingerprint density at radius 3 is 2.48 bits per heavy atom. The molecule has 0 aliphatic rings. The predicted molar refractivity (Wildman–Crippen MR) is 90.4 cm³/mol. The van der Waals surface area contributed by atoms with Crippen molar-refractivity contribution >= 4 is 27.5 Å². The second-order valence-corrected chi connectivity index (χ2v) is 6.52. The fourth-order valence-electron chi connectivity index (χ4n) is 2.46. The second kappa shape index (κ2) is 7.92. The molecule has 0 radical (unpaired) electrons. The van der Waals surface area contributed by atoms with Gasteiger partial charge in [-0.05, 0) is 67.7 Å². The first-order valence-electron chi connectivity index (χ1n) is 6.91. The third kappa shape index (κ3) is 5.10. The minimum absolute atomic E-state index is 0.290. The van der Waals surface area contributed by atoms with Crippen LogP contribution in [-0.4, -0.2) is 13.6 Å². The Morgan fingerprint density at radius 1 is 1.14 bits per heavy atom. The van der Waals surface area contributed by atoms with Gasteiger partial charge in [0.2, 0.25) is 0 Å². The SMILES string of the molecule is CNCC(Cc1ccc(Br)cc1)Cc1ccc(F)cc1Cl. The highest BCUT2D eigenvalue weighted by atomic mass is 79.9. The molecule has 0 spiro atoms. The van der Waals surface area contributed by atoms with Gasteiger partial charge in [0.15, 0.2) is 0 Å². The molecule has 21 heavy (non-hydrogen) atoms. The van der Waals surface area contributed by atoms with Gasteiger partial charge in [0.25, 0.3) is 0 Å². The largest absolute Gasteiger partial charge is 0.319 e. The molecule has 2 aromatic rings. The van der Waals surface area contributed by atoms with Gasteiger partial charge in [0.05, 0.1) is 0 Å². The maximum absolute atomic E-state index is 13.1. The zero-order valence-corrected chi connectivity index (χ0v) is 14.2. The maximum Gasteiger partial charge on any atom is 0.124 e. The summed E-state index contributed by atoms with van der Waals surface area (Å²) < 4.78 is 14.2. The van der Waals surface area contributed by atoms with Crippen LogP contribution in [0.4, 0.5) is 4.39 Å². The van der Waals surface area contributed by atoms with Gasteiger partial charge in [-0.1, -0.05) is 45.7 Å². The Bertz CT molecular complexity index is 586. The summed E-state index contributed by atoms with van der Waals surface area (Å²) in [6.45, 7) is 0.893. The molecule has 2 rings (SSSR count). The Balaban J connectivity index is 2.09. The van der Waals surface area contributed by atoms with Crippen molar-refractivity contribution in [1.29, 1.82) is 0 Å². The van der Waals surface area contributed by atoms with Crippen LogP contribution in [0.15, 0.2) is 46.9 Å². The summed E-state index contributed by atoms with van der Waals surface area (Å²) in [7, 11) is 1.95. The molecule has 2 aromatic carbocycles. The molecule has 0 saturated heterocycles. The van der Waals surface area contributed by atoms with E-state index >= 15 is 0 Å². The molecule has 0 aromatic heterocycles. The van der Waals surface area contributed by atoms with Gasteiger partial charge in [0, 0.05) is 9.50 Å². The molecule has 1 nitrogen and oxygen atoms in total. The van der Waals surface area contributed by atoms with E-state index in [9.17, 15) is 4.39 Å². The quantitative estimate of drug-likeness (QED) is 0.765. The van der Waals surface area contributed by atoms with Crippen LogP contribution >= 0.6 is 27.5 Å². The minimum atomic E-state index is -0.290. The lowest BCUT2D eigenvalue weighted by Gasteiger charge is -2.17. The first kappa shape index (κ1) is 16.5. The van der Waals surface area contributed by atoms with E-state index in [1.54, 1.807) is 6.07 Å². The first-order chi connectivity index (χ1) is 10.1. The van der Waals surface area contributed by atoms with Gasteiger partial charge in [-0.2, -0.15) is 0 Å². The van der Waals surface area contributed by atoms with Gasteiger partial charge < -0.3 is 5.32 Å². The van der Waals surface area contributed by atoms with E-state index in [-0.39, 0.29) is 5.82 Å². The smallest absolute Gasteiger partial charge is 0.124 e. The van der Waals surface area contributed by atoms with Crippen molar-refractivity contribution in [2.75, 3.05) is 13.6 Å². The maximum atomic E-state index is 13.1. The van der Waals surface area contributed by atoms with E-state index < -0.39 is 0 Å². The Labute approximate surface area is 138 Å². The van der Waals surface area contributed by atoms with Crippen LogP contribution in [0.1, 0.15) is 11.1 Å².